The van der Waals surface area contributed by atoms with Crippen LogP contribution in [-0.4, -0.2) is 23.6 Å². The zero-order valence-electron chi connectivity index (χ0n) is 21.7. The van der Waals surface area contributed by atoms with Gasteiger partial charge in [-0.1, -0.05) is 80.0 Å². The van der Waals surface area contributed by atoms with Crippen LogP contribution in [0.25, 0.3) is 22.4 Å². The summed E-state index contributed by atoms with van der Waals surface area (Å²) in [5.74, 6) is -0.427. The normalized spacial score (nSPS) is 10.9. The maximum Gasteiger partial charge on any atom is 0.341 e. The molecule has 0 saturated carbocycles. The number of ether oxygens (including phenoxy) is 1. The molecule has 0 aliphatic rings. The van der Waals surface area contributed by atoms with E-state index in [1.165, 1.54) is 16.9 Å². The number of unbranched alkanes of at least 4 members (excludes halogenated alkanes) is 1. The van der Waals surface area contributed by atoms with Crippen molar-refractivity contribution in [2.24, 2.45) is 0 Å². The fourth-order valence-corrected chi connectivity index (χ4v) is 5.32. The summed E-state index contributed by atoms with van der Waals surface area (Å²) >= 11 is 1.37. The molecule has 7 heteroatoms. The van der Waals surface area contributed by atoms with E-state index >= 15 is 0 Å². The topological polar surface area (TPSA) is 81.4 Å². The maximum atomic E-state index is 13.5. The number of amides is 1. The van der Waals surface area contributed by atoms with Crippen LogP contribution in [0, 0.1) is 13.8 Å². The largest absolute Gasteiger partial charge is 0.462 e. The molecule has 1 N–H and O–H groups in total. The molecule has 192 valence electrons. The highest BCUT2D eigenvalue weighted by Gasteiger charge is 2.28. The van der Waals surface area contributed by atoms with Crippen molar-refractivity contribution in [3.05, 3.63) is 81.9 Å². The molecule has 4 aromatic rings. The quantitative estimate of drug-likeness (QED) is 0.217. The molecule has 0 radical (unpaired) electrons. The standard InChI is InChI=1S/C30H32N2O4S/c1-5-7-11-21-14-16-22(17-15-21)25-20(4)37-29(26(25)30(34)35-18-6-2)31-28(33)24-19(3)36-32-27(24)23-12-9-8-10-13-23/h8-10,12-17H,5-7,11,18H2,1-4H3,(H,31,33). The first-order valence-electron chi connectivity index (χ1n) is 12.7. The first-order valence-corrected chi connectivity index (χ1v) is 13.5. The van der Waals surface area contributed by atoms with Crippen molar-refractivity contribution in [1.29, 1.82) is 0 Å². The van der Waals surface area contributed by atoms with Crippen molar-refractivity contribution < 1.29 is 18.8 Å². The molecule has 37 heavy (non-hydrogen) atoms. The van der Waals surface area contributed by atoms with Crippen molar-refractivity contribution >= 4 is 28.2 Å². The van der Waals surface area contributed by atoms with Gasteiger partial charge in [0.15, 0.2) is 0 Å². The number of nitrogens with one attached hydrogen (secondary N) is 1. The van der Waals surface area contributed by atoms with Gasteiger partial charge in [-0.25, -0.2) is 4.79 Å². The van der Waals surface area contributed by atoms with Gasteiger partial charge in [-0.15, -0.1) is 11.3 Å². The summed E-state index contributed by atoms with van der Waals surface area (Å²) in [6.45, 7) is 8.09. The number of anilines is 1. The van der Waals surface area contributed by atoms with Crippen molar-refractivity contribution in [1.82, 2.24) is 5.16 Å². The molecule has 0 aliphatic heterocycles. The average Bonchev–Trinajstić information content (AvgIpc) is 3.46. The molecular formula is C30H32N2O4S. The van der Waals surface area contributed by atoms with Crippen LogP contribution in [-0.2, 0) is 11.2 Å². The van der Waals surface area contributed by atoms with E-state index in [4.69, 9.17) is 9.26 Å². The second-order valence-electron chi connectivity index (χ2n) is 8.96. The Morgan fingerprint density at radius 3 is 2.35 bits per heavy atom. The van der Waals surface area contributed by atoms with Crippen LogP contribution >= 0.6 is 11.3 Å². The lowest BCUT2D eigenvalue weighted by Crippen LogP contribution is -2.16. The highest BCUT2D eigenvalue weighted by atomic mass is 32.1. The SMILES string of the molecule is CCCCc1ccc(-c2c(C)sc(NC(=O)c3c(-c4ccccc4)noc3C)c2C(=O)OCCC)cc1. The number of hydrogen-bond acceptors (Lipinski definition) is 6. The Hall–Kier alpha value is -3.71. The van der Waals surface area contributed by atoms with E-state index in [-0.39, 0.29) is 5.91 Å². The summed E-state index contributed by atoms with van der Waals surface area (Å²) in [5, 5.41) is 7.54. The second-order valence-corrected chi connectivity index (χ2v) is 10.2. The van der Waals surface area contributed by atoms with Gasteiger partial charge in [0, 0.05) is 16.0 Å². The number of rotatable bonds is 10. The van der Waals surface area contributed by atoms with Crippen LogP contribution in [0.2, 0.25) is 0 Å². The van der Waals surface area contributed by atoms with Gasteiger partial charge in [0.1, 0.15) is 27.6 Å². The van der Waals surface area contributed by atoms with E-state index in [1.807, 2.05) is 56.3 Å². The van der Waals surface area contributed by atoms with Crippen molar-refractivity contribution in [2.75, 3.05) is 11.9 Å². The summed E-state index contributed by atoms with van der Waals surface area (Å²) < 4.78 is 10.9. The van der Waals surface area contributed by atoms with Gasteiger partial charge in [-0.05, 0) is 44.2 Å². The Balaban J connectivity index is 1.72. The van der Waals surface area contributed by atoms with E-state index in [0.717, 1.165) is 40.8 Å². The van der Waals surface area contributed by atoms with Gasteiger partial charge in [0.2, 0.25) is 0 Å². The molecule has 2 aromatic heterocycles. The minimum Gasteiger partial charge on any atom is -0.462 e. The summed E-state index contributed by atoms with van der Waals surface area (Å²) in [7, 11) is 0. The zero-order valence-corrected chi connectivity index (χ0v) is 22.5. The summed E-state index contributed by atoms with van der Waals surface area (Å²) in [5.41, 5.74) is 4.92. The van der Waals surface area contributed by atoms with Crippen LogP contribution in [0.5, 0.6) is 0 Å². The van der Waals surface area contributed by atoms with E-state index < -0.39 is 5.97 Å². The molecular weight excluding hydrogens is 484 g/mol. The highest BCUT2D eigenvalue weighted by Crippen LogP contribution is 2.41. The lowest BCUT2D eigenvalue weighted by molar-refractivity contribution is 0.0507. The van der Waals surface area contributed by atoms with Gasteiger partial charge < -0.3 is 14.6 Å². The number of aryl methyl sites for hydroxylation is 3. The maximum absolute atomic E-state index is 13.5. The van der Waals surface area contributed by atoms with Crippen LogP contribution in [0.15, 0.2) is 59.1 Å². The summed E-state index contributed by atoms with van der Waals surface area (Å²) in [4.78, 5) is 27.7. The van der Waals surface area contributed by atoms with Gasteiger partial charge in [0.05, 0.1) is 6.61 Å². The Morgan fingerprint density at radius 1 is 0.946 bits per heavy atom. The van der Waals surface area contributed by atoms with Crippen LogP contribution in [0.3, 0.4) is 0 Å². The summed E-state index contributed by atoms with van der Waals surface area (Å²) in [6.07, 6.45) is 4.00. The van der Waals surface area contributed by atoms with Crippen molar-refractivity contribution in [3.8, 4) is 22.4 Å². The molecule has 0 unspecified atom stereocenters. The van der Waals surface area contributed by atoms with Gasteiger partial charge in [-0.2, -0.15) is 0 Å². The predicted octanol–water partition coefficient (Wildman–Crippen LogP) is 7.85. The third-order valence-electron chi connectivity index (χ3n) is 6.15. The smallest absolute Gasteiger partial charge is 0.341 e. The number of thiophene rings is 1. The molecule has 6 nitrogen and oxygen atoms in total. The Kier molecular flexibility index (Phi) is 8.56. The lowest BCUT2D eigenvalue weighted by Gasteiger charge is -2.10. The summed E-state index contributed by atoms with van der Waals surface area (Å²) in [6, 6.07) is 17.7. The van der Waals surface area contributed by atoms with Crippen molar-refractivity contribution in [2.45, 2.75) is 53.4 Å². The predicted molar refractivity (Wildman–Crippen MR) is 148 cm³/mol. The number of carbonyl (C=O) groups is 2. The monoisotopic (exact) mass is 516 g/mol. The number of aromatic nitrogens is 1. The molecule has 0 atom stereocenters. The zero-order chi connectivity index (χ0) is 26.4. The molecule has 1 amide bonds. The fraction of sp³-hybridized carbons (Fsp3) is 0.300. The highest BCUT2D eigenvalue weighted by molar-refractivity contribution is 7.17. The third-order valence-corrected chi connectivity index (χ3v) is 7.17. The van der Waals surface area contributed by atoms with Crippen molar-refractivity contribution in [3.63, 3.8) is 0 Å². The second kappa shape index (κ2) is 12.0. The fourth-order valence-electron chi connectivity index (χ4n) is 4.26. The molecule has 0 fully saturated rings. The van der Waals surface area contributed by atoms with E-state index in [0.29, 0.717) is 40.6 Å². The first-order chi connectivity index (χ1) is 17.9. The molecule has 0 bridgehead atoms. The minimum atomic E-state index is -0.447. The Bertz CT molecular complexity index is 1370. The molecule has 0 aliphatic carbocycles. The van der Waals surface area contributed by atoms with E-state index in [9.17, 15) is 9.59 Å². The number of carbonyl (C=O) groups excluding carboxylic acids is 2. The first kappa shape index (κ1) is 26.4. The third kappa shape index (κ3) is 5.83. The van der Waals surface area contributed by atoms with E-state index in [2.05, 4.69) is 29.5 Å². The molecule has 2 aromatic carbocycles. The van der Waals surface area contributed by atoms with E-state index in [1.54, 1.807) is 6.92 Å². The molecule has 4 rings (SSSR count). The van der Waals surface area contributed by atoms with Gasteiger partial charge >= 0.3 is 5.97 Å². The lowest BCUT2D eigenvalue weighted by atomic mass is 9.98. The average molecular weight is 517 g/mol. The number of esters is 1. The van der Waals surface area contributed by atoms with Crippen LogP contribution in [0.1, 0.15) is 70.0 Å². The molecule has 0 saturated heterocycles. The molecule has 0 spiro atoms. The van der Waals surface area contributed by atoms with Crippen LogP contribution in [0.4, 0.5) is 5.00 Å². The number of benzene rings is 2. The number of hydrogen-bond donors (Lipinski definition) is 1. The number of nitrogens with zero attached hydrogens (tertiary/aromatic N) is 1. The van der Waals surface area contributed by atoms with Gasteiger partial charge in [-0.3, -0.25) is 4.79 Å². The van der Waals surface area contributed by atoms with Gasteiger partial charge in [0.25, 0.3) is 5.91 Å². The Labute approximate surface area is 221 Å². The van der Waals surface area contributed by atoms with Crippen LogP contribution < -0.4 is 5.32 Å². The molecule has 2 heterocycles. The minimum absolute atomic E-state index is 0.305. The Morgan fingerprint density at radius 2 is 1.68 bits per heavy atom.